The molecule has 1 N–H and O–H groups in total. The van der Waals surface area contributed by atoms with Crippen molar-refractivity contribution in [2.75, 3.05) is 22.6 Å². The average molecular weight is 380 g/mol. The molecule has 1 saturated heterocycles. The molecular weight excluding hydrogens is 360 g/mol. The van der Waals surface area contributed by atoms with E-state index in [1.165, 1.54) is 11.8 Å². The van der Waals surface area contributed by atoms with Gasteiger partial charge in [-0.25, -0.2) is 13.4 Å². The van der Waals surface area contributed by atoms with Gasteiger partial charge in [0.15, 0.2) is 9.84 Å². The van der Waals surface area contributed by atoms with E-state index in [0.717, 1.165) is 10.7 Å². The van der Waals surface area contributed by atoms with Gasteiger partial charge in [-0.1, -0.05) is 17.8 Å². The molecule has 3 heterocycles. The number of anilines is 1. The van der Waals surface area contributed by atoms with Crippen molar-refractivity contribution >= 4 is 33.2 Å². The van der Waals surface area contributed by atoms with Crippen LogP contribution in [-0.4, -0.2) is 46.3 Å². The summed E-state index contributed by atoms with van der Waals surface area (Å²) in [5.41, 5.74) is 2.14. The maximum absolute atomic E-state index is 12.2. The van der Waals surface area contributed by atoms with Crippen LogP contribution < -0.4 is 5.32 Å². The highest BCUT2D eigenvalue weighted by Crippen LogP contribution is 2.29. The summed E-state index contributed by atoms with van der Waals surface area (Å²) >= 11 is 1.36. The van der Waals surface area contributed by atoms with Crippen molar-refractivity contribution in [3.8, 4) is 0 Å². The lowest BCUT2D eigenvalue weighted by Crippen LogP contribution is -2.16. The van der Waals surface area contributed by atoms with Crippen molar-refractivity contribution < 1.29 is 13.2 Å². The maximum Gasteiger partial charge on any atom is 0.234 e. The van der Waals surface area contributed by atoms with E-state index in [0.29, 0.717) is 17.8 Å². The minimum Gasteiger partial charge on any atom is -0.322 e. The van der Waals surface area contributed by atoms with Gasteiger partial charge >= 0.3 is 0 Å². The predicted molar refractivity (Wildman–Crippen MR) is 97.6 cm³/mol. The Hall–Kier alpha value is -1.87. The molecule has 1 amide bonds. The second-order valence-corrected chi connectivity index (χ2v) is 9.28. The highest BCUT2D eigenvalue weighted by Gasteiger charge is 2.31. The highest BCUT2D eigenvalue weighted by molar-refractivity contribution is 7.99. The number of hydrogen-bond donors (Lipinski definition) is 1. The lowest BCUT2D eigenvalue weighted by Gasteiger charge is -2.11. The Labute approximate surface area is 151 Å². The summed E-state index contributed by atoms with van der Waals surface area (Å²) in [4.78, 5) is 16.4. The van der Waals surface area contributed by atoms with Gasteiger partial charge in [0.1, 0.15) is 0 Å². The molecular formula is C16H20N4O3S2. The van der Waals surface area contributed by atoms with Crippen LogP contribution in [0.15, 0.2) is 29.4 Å². The Bertz CT molecular complexity index is 878. The lowest BCUT2D eigenvalue weighted by molar-refractivity contribution is -0.113. The van der Waals surface area contributed by atoms with Gasteiger partial charge in [0.2, 0.25) is 5.91 Å². The van der Waals surface area contributed by atoms with Crippen LogP contribution in [-0.2, 0) is 14.6 Å². The fourth-order valence-corrected chi connectivity index (χ4v) is 5.27. The number of aryl methyl sites for hydroxylation is 1. The van der Waals surface area contributed by atoms with Gasteiger partial charge in [-0.15, -0.1) is 0 Å². The molecule has 0 aliphatic carbocycles. The Morgan fingerprint density at radius 3 is 2.84 bits per heavy atom. The summed E-state index contributed by atoms with van der Waals surface area (Å²) in [6.45, 7) is 3.67. The highest BCUT2D eigenvalue weighted by atomic mass is 32.2. The molecule has 2 aromatic rings. The molecule has 0 spiro atoms. The standard InChI is InChI=1S/C16H20N4O3S2/c1-11-16(18-14(21)9-24-15-5-3-4-7-17-15)12(2)20(19-11)13-6-8-25(22,23)10-13/h3-5,7,13H,6,8-10H2,1-2H3,(H,18,21). The largest absolute Gasteiger partial charge is 0.322 e. The van der Waals surface area contributed by atoms with Gasteiger partial charge in [-0.05, 0) is 32.4 Å². The quantitative estimate of drug-likeness (QED) is 0.797. The maximum atomic E-state index is 12.2. The van der Waals surface area contributed by atoms with Gasteiger partial charge in [0.05, 0.1) is 45.4 Å². The van der Waals surface area contributed by atoms with Crippen LogP contribution in [0.1, 0.15) is 23.9 Å². The number of sulfone groups is 1. The Morgan fingerprint density at radius 2 is 2.20 bits per heavy atom. The lowest BCUT2D eigenvalue weighted by atomic mass is 10.2. The molecule has 9 heteroatoms. The third-order valence-corrected chi connectivity index (χ3v) is 6.83. The number of nitrogens with one attached hydrogen (secondary N) is 1. The number of aromatic nitrogens is 3. The topological polar surface area (TPSA) is 94.0 Å². The molecule has 2 aromatic heterocycles. The normalized spacial score (nSPS) is 19.0. The SMILES string of the molecule is Cc1nn(C2CCS(=O)(=O)C2)c(C)c1NC(=O)CSc1ccccn1. The van der Waals surface area contributed by atoms with E-state index in [1.54, 1.807) is 10.9 Å². The van der Waals surface area contributed by atoms with E-state index in [-0.39, 0.29) is 29.2 Å². The fourth-order valence-electron chi connectivity index (χ4n) is 2.92. The van der Waals surface area contributed by atoms with Crippen molar-refractivity contribution in [2.24, 2.45) is 0 Å². The summed E-state index contributed by atoms with van der Waals surface area (Å²) in [5.74, 6) is 0.412. The third kappa shape index (κ3) is 4.21. The first-order valence-corrected chi connectivity index (χ1v) is 10.8. The van der Waals surface area contributed by atoms with E-state index in [4.69, 9.17) is 0 Å². The second-order valence-electron chi connectivity index (χ2n) is 6.05. The van der Waals surface area contributed by atoms with Crippen LogP contribution in [0.3, 0.4) is 0 Å². The molecule has 1 aliphatic rings. The molecule has 1 atom stereocenters. The number of thioether (sulfide) groups is 1. The van der Waals surface area contributed by atoms with Crippen molar-refractivity contribution in [3.05, 3.63) is 35.8 Å². The summed E-state index contributed by atoms with van der Waals surface area (Å²) in [6.07, 6.45) is 2.25. The molecule has 1 aliphatic heterocycles. The molecule has 3 rings (SSSR count). The summed E-state index contributed by atoms with van der Waals surface area (Å²) in [7, 11) is -2.98. The van der Waals surface area contributed by atoms with Gasteiger partial charge < -0.3 is 5.32 Å². The number of carbonyl (C=O) groups is 1. The summed E-state index contributed by atoms with van der Waals surface area (Å²) in [6, 6.07) is 5.40. The first-order valence-electron chi connectivity index (χ1n) is 7.95. The molecule has 0 saturated carbocycles. The number of rotatable bonds is 5. The number of carbonyl (C=O) groups excluding carboxylic acids is 1. The van der Waals surface area contributed by atoms with Crippen LogP contribution in [0.2, 0.25) is 0 Å². The minimum absolute atomic E-state index is 0.109. The van der Waals surface area contributed by atoms with Gasteiger partial charge in [0.25, 0.3) is 0 Å². The number of amides is 1. The molecule has 0 bridgehead atoms. The smallest absolute Gasteiger partial charge is 0.234 e. The molecule has 7 nitrogen and oxygen atoms in total. The van der Waals surface area contributed by atoms with Gasteiger partial charge in [-0.3, -0.25) is 9.48 Å². The number of pyridine rings is 1. The summed E-state index contributed by atoms with van der Waals surface area (Å²) in [5, 5.41) is 8.13. The first kappa shape index (κ1) is 17.9. The Kier molecular flexibility index (Phi) is 5.14. The molecule has 0 aromatic carbocycles. The Morgan fingerprint density at radius 1 is 1.40 bits per heavy atom. The van der Waals surface area contributed by atoms with E-state index >= 15 is 0 Å². The van der Waals surface area contributed by atoms with Crippen molar-refractivity contribution in [1.29, 1.82) is 0 Å². The average Bonchev–Trinajstić information content (AvgIpc) is 3.07. The predicted octanol–water partition coefficient (Wildman–Crippen LogP) is 1.99. The zero-order valence-electron chi connectivity index (χ0n) is 14.1. The monoisotopic (exact) mass is 380 g/mol. The van der Waals surface area contributed by atoms with E-state index in [2.05, 4.69) is 15.4 Å². The van der Waals surface area contributed by atoms with E-state index < -0.39 is 9.84 Å². The zero-order chi connectivity index (χ0) is 18.0. The van der Waals surface area contributed by atoms with Crippen LogP contribution in [0.4, 0.5) is 5.69 Å². The molecule has 0 radical (unpaired) electrons. The molecule has 134 valence electrons. The molecule has 1 fully saturated rings. The third-order valence-electron chi connectivity index (χ3n) is 4.13. The van der Waals surface area contributed by atoms with Crippen LogP contribution in [0, 0.1) is 13.8 Å². The van der Waals surface area contributed by atoms with E-state index in [9.17, 15) is 13.2 Å². The van der Waals surface area contributed by atoms with Crippen LogP contribution in [0.25, 0.3) is 0 Å². The van der Waals surface area contributed by atoms with Crippen molar-refractivity contribution in [3.63, 3.8) is 0 Å². The molecule has 25 heavy (non-hydrogen) atoms. The van der Waals surface area contributed by atoms with E-state index in [1.807, 2.05) is 32.0 Å². The van der Waals surface area contributed by atoms with Gasteiger partial charge in [0, 0.05) is 6.20 Å². The number of nitrogens with zero attached hydrogens (tertiary/aromatic N) is 3. The summed E-state index contributed by atoms with van der Waals surface area (Å²) < 4.78 is 25.1. The minimum atomic E-state index is -2.98. The fraction of sp³-hybridized carbons (Fsp3) is 0.438. The Balaban J connectivity index is 1.67. The first-order chi connectivity index (χ1) is 11.9. The molecule has 1 unspecified atom stereocenters. The van der Waals surface area contributed by atoms with Gasteiger partial charge in [-0.2, -0.15) is 5.10 Å². The number of hydrogen-bond acceptors (Lipinski definition) is 6. The van der Waals surface area contributed by atoms with Crippen LogP contribution in [0.5, 0.6) is 0 Å². The van der Waals surface area contributed by atoms with Crippen LogP contribution >= 0.6 is 11.8 Å². The van der Waals surface area contributed by atoms with Crippen molar-refractivity contribution in [1.82, 2.24) is 14.8 Å². The second kappa shape index (κ2) is 7.17. The zero-order valence-corrected chi connectivity index (χ0v) is 15.7. The van der Waals surface area contributed by atoms with Crippen molar-refractivity contribution in [2.45, 2.75) is 31.3 Å².